The minimum atomic E-state index is -0.0665. The van der Waals surface area contributed by atoms with Crippen LogP contribution in [0.15, 0.2) is 18.3 Å². The smallest absolute Gasteiger partial charge is 0.172 e. The second-order valence-corrected chi connectivity index (χ2v) is 4.88. The maximum atomic E-state index is 11.2. The molecule has 2 heterocycles. The van der Waals surface area contributed by atoms with Crippen molar-refractivity contribution in [2.75, 3.05) is 11.4 Å². The molecule has 2 rings (SSSR count). The fraction of sp³-hybridized carbons (Fsp3) is 0.571. The summed E-state index contributed by atoms with van der Waals surface area (Å²) in [7, 11) is 0. The quantitative estimate of drug-likeness (QED) is 0.767. The first-order valence-corrected chi connectivity index (χ1v) is 6.56. The fourth-order valence-electron chi connectivity index (χ4n) is 2.31. The highest BCUT2D eigenvalue weighted by atomic mass is 16.5. The summed E-state index contributed by atoms with van der Waals surface area (Å²) in [5.41, 5.74) is 0. The van der Waals surface area contributed by atoms with Gasteiger partial charge >= 0.3 is 0 Å². The first-order chi connectivity index (χ1) is 8.72. The predicted octanol–water partition coefficient (Wildman–Crippen LogP) is 2.43. The minimum absolute atomic E-state index is 0.0665. The average Bonchev–Trinajstić information content (AvgIpc) is 2.39. The lowest BCUT2D eigenvalue weighted by molar-refractivity contribution is -0.109. The van der Waals surface area contributed by atoms with E-state index in [9.17, 15) is 4.79 Å². The van der Waals surface area contributed by atoms with Crippen molar-refractivity contribution in [3.05, 3.63) is 18.3 Å². The number of piperidine rings is 1. The van der Waals surface area contributed by atoms with E-state index in [-0.39, 0.29) is 12.1 Å². The second-order valence-electron chi connectivity index (χ2n) is 4.88. The summed E-state index contributed by atoms with van der Waals surface area (Å²) in [6, 6.07) is 3.71. The number of carbonyl (C=O) groups excluding carboxylic acids is 1. The summed E-state index contributed by atoms with van der Waals surface area (Å²) >= 11 is 0. The maximum absolute atomic E-state index is 11.2. The largest absolute Gasteiger partial charge is 0.487 e. The Morgan fingerprint density at radius 3 is 3.06 bits per heavy atom. The minimum Gasteiger partial charge on any atom is -0.487 e. The van der Waals surface area contributed by atoms with Crippen LogP contribution in [0.25, 0.3) is 0 Å². The highest BCUT2D eigenvalue weighted by molar-refractivity contribution is 5.67. The van der Waals surface area contributed by atoms with E-state index in [4.69, 9.17) is 4.74 Å². The molecule has 1 fully saturated rings. The van der Waals surface area contributed by atoms with Crippen LogP contribution in [0.4, 0.5) is 5.82 Å². The zero-order valence-corrected chi connectivity index (χ0v) is 11.0. The zero-order valence-electron chi connectivity index (χ0n) is 11.0. The molecule has 1 aliphatic rings. The number of anilines is 1. The van der Waals surface area contributed by atoms with Gasteiger partial charge in [0.2, 0.25) is 0 Å². The third-order valence-electron chi connectivity index (χ3n) is 3.09. The molecule has 0 radical (unpaired) electrons. The van der Waals surface area contributed by atoms with Gasteiger partial charge in [0.05, 0.1) is 12.1 Å². The molecule has 1 aromatic heterocycles. The lowest BCUT2D eigenvalue weighted by atomic mass is 10.0. The molecule has 1 saturated heterocycles. The summed E-state index contributed by atoms with van der Waals surface area (Å²) < 4.78 is 5.77. The lowest BCUT2D eigenvalue weighted by Gasteiger charge is -2.34. The highest BCUT2D eigenvalue weighted by Crippen LogP contribution is 2.30. The molecular formula is C14H20N2O2. The molecular weight excluding hydrogens is 228 g/mol. The molecule has 1 atom stereocenters. The van der Waals surface area contributed by atoms with Gasteiger partial charge < -0.3 is 14.4 Å². The van der Waals surface area contributed by atoms with E-state index in [1.165, 1.54) is 0 Å². The summed E-state index contributed by atoms with van der Waals surface area (Å²) in [5, 5.41) is 0. The van der Waals surface area contributed by atoms with Crippen LogP contribution in [0, 0.1) is 0 Å². The van der Waals surface area contributed by atoms with Crippen LogP contribution in [0.1, 0.15) is 33.1 Å². The van der Waals surface area contributed by atoms with Crippen LogP contribution >= 0.6 is 0 Å². The van der Waals surface area contributed by atoms with Gasteiger partial charge in [0.15, 0.2) is 11.6 Å². The standard InChI is InChI=1S/C14H20N2O2/c1-11(2)18-13-7-5-8-15-14(13)16-9-4-3-6-12(16)10-17/h5,7-8,10-12H,3-4,6,9H2,1-2H3. The van der Waals surface area contributed by atoms with Gasteiger partial charge in [-0.05, 0) is 45.2 Å². The molecule has 1 unspecified atom stereocenters. The Kier molecular flexibility index (Phi) is 4.18. The van der Waals surface area contributed by atoms with Gasteiger partial charge in [-0.25, -0.2) is 4.98 Å². The Morgan fingerprint density at radius 2 is 2.33 bits per heavy atom. The number of hydrogen-bond acceptors (Lipinski definition) is 4. The molecule has 98 valence electrons. The molecule has 4 heteroatoms. The summed E-state index contributed by atoms with van der Waals surface area (Å²) in [6.07, 6.45) is 5.98. The summed E-state index contributed by atoms with van der Waals surface area (Å²) in [4.78, 5) is 17.6. The van der Waals surface area contributed by atoms with Gasteiger partial charge in [-0.2, -0.15) is 0 Å². The van der Waals surface area contributed by atoms with E-state index >= 15 is 0 Å². The third kappa shape index (κ3) is 2.81. The van der Waals surface area contributed by atoms with Gasteiger partial charge in [-0.3, -0.25) is 0 Å². The van der Waals surface area contributed by atoms with Crippen molar-refractivity contribution in [1.29, 1.82) is 0 Å². The topological polar surface area (TPSA) is 42.4 Å². The number of aldehydes is 1. The number of hydrogen-bond donors (Lipinski definition) is 0. The predicted molar refractivity (Wildman–Crippen MR) is 71.1 cm³/mol. The Balaban J connectivity index is 2.27. The number of ether oxygens (including phenoxy) is 1. The van der Waals surface area contributed by atoms with E-state index in [0.717, 1.165) is 43.7 Å². The number of pyridine rings is 1. The van der Waals surface area contributed by atoms with Crippen molar-refractivity contribution in [3.63, 3.8) is 0 Å². The van der Waals surface area contributed by atoms with Crippen LogP contribution in [0.2, 0.25) is 0 Å². The molecule has 1 aliphatic heterocycles. The molecule has 18 heavy (non-hydrogen) atoms. The Hall–Kier alpha value is -1.58. The first kappa shape index (κ1) is 12.9. The van der Waals surface area contributed by atoms with Crippen molar-refractivity contribution in [1.82, 2.24) is 4.98 Å². The Labute approximate surface area is 108 Å². The van der Waals surface area contributed by atoms with Crippen molar-refractivity contribution < 1.29 is 9.53 Å². The van der Waals surface area contributed by atoms with Gasteiger partial charge in [0.1, 0.15) is 6.29 Å². The average molecular weight is 248 g/mol. The van der Waals surface area contributed by atoms with E-state index in [2.05, 4.69) is 9.88 Å². The van der Waals surface area contributed by atoms with Crippen LogP contribution in [-0.2, 0) is 4.79 Å². The number of aromatic nitrogens is 1. The molecule has 0 saturated carbocycles. The van der Waals surface area contributed by atoms with Crippen molar-refractivity contribution in [2.45, 2.75) is 45.3 Å². The van der Waals surface area contributed by atoms with Gasteiger partial charge in [-0.15, -0.1) is 0 Å². The summed E-state index contributed by atoms with van der Waals surface area (Å²) in [6.45, 7) is 4.85. The van der Waals surface area contributed by atoms with E-state index in [1.54, 1.807) is 6.20 Å². The number of nitrogens with zero attached hydrogens (tertiary/aromatic N) is 2. The molecule has 0 aliphatic carbocycles. The van der Waals surface area contributed by atoms with E-state index in [0.29, 0.717) is 0 Å². The molecule has 0 aromatic carbocycles. The molecule has 0 spiro atoms. The van der Waals surface area contributed by atoms with Crippen molar-refractivity contribution in [2.24, 2.45) is 0 Å². The van der Waals surface area contributed by atoms with Crippen LogP contribution in [0.5, 0.6) is 5.75 Å². The van der Waals surface area contributed by atoms with Crippen LogP contribution in [-0.4, -0.2) is 30.0 Å². The lowest BCUT2D eigenvalue weighted by Crippen LogP contribution is -2.41. The molecule has 1 aromatic rings. The molecule has 4 nitrogen and oxygen atoms in total. The van der Waals surface area contributed by atoms with E-state index in [1.807, 2.05) is 26.0 Å². The third-order valence-corrected chi connectivity index (χ3v) is 3.09. The van der Waals surface area contributed by atoms with Gasteiger partial charge in [0.25, 0.3) is 0 Å². The second kappa shape index (κ2) is 5.85. The summed E-state index contributed by atoms with van der Waals surface area (Å²) in [5.74, 6) is 1.56. The molecule has 0 amide bonds. The van der Waals surface area contributed by atoms with Crippen LogP contribution in [0.3, 0.4) is 0 Å². The molecule has 0 bridgehead atoms. The maximum Gasteiger partial charge on any atom is 0.172 e. The van der Waals surface area contributed by atoms with Gasteiger partial charge in [0, 0.05) is 12.7 Å². The normalized spacial score (nSPS) is 19.9. The first-order valence-electron chi connectivity index (χ1n) is 6.56. The Bertz CT molecular complexity index is 407. The molecule has 0 N–H and O–H groups in total. The SMILES string of the molecule is CC(C)Oc1cccnc1N1CCCCC1C=O. The fourth-order valence-corrected chi connectivity index (χ4v) is 2.31. The van der Waals surface area contributed by atoms with Gasteiger partial charge in [-0.1, -0.05) is 0 Å². The Morgan fingerprint density at radius 1 is 1.50 bits per heavy atom. The zero-order chi connectivity index (χ0) is 13.0. The monoisotopic (exact) mass is 248 g/mol. The van der Waals surface area contributed by atoms with Crippen molar-refractivity contribution >= 4 is 12.1 Å². The highest BCUT2D eigenvalue weighted by Gasteiger charge is 2.25. The number of carbonyl (C=O) groups is 1. The number of rotatable bonds is 4. The van der Waals surface area contributed by atoms with Crippen molar-refractivity contribution in [3.8, 4) is 5.75 Å². The van der Waals surface area contributed by atoms with Crippen LogP contribution < -0.4 is 9.64 Å². The van der Waals surface area contributed by atoms with E-state index < -0.39 is 0 Å².